The lowest BCUT2D eigenvalue weighted by atomic mass is 9.98. The van der Waals surface area contributed by atoms with Crippen LogP contribution in [0.3, 0.4) is 0 Å². The second-order valence-electron chi connectivity index (χ2n) is 9.37. The van der Waals surface area contributed by atoms with Gasteiger partial charge in [-0.15, -0.1) is 12.4 Å². The molecule has 3 rings (SSSR count). The van der Waals surface area contributed by atoms with Gasteiger partial charge in [-0.05, 0) is 54.2 Å². The van der Waals surface area contributed by atoms with Crippen molar-refractivity contribution in [3.05, 3.63) is 59.1 Å². The molecule has 0 N–H and O–H groups in total. The maximum atomic E-state index is 13.3. The minimum atomic E-state index is 0. The smallest absolute Gasteiger partial charge is 0.176 e. The highest BCUT2D eigenvalue weighted by atomic mass is 35.5. The number of unbranched alkanes of at least 4 members (excludes halogenated alkanes) is 8. The van der Waals surface area contributed by atoms with Crippen molar-refractivity contribution in [2.75, 3.05) is 19.6 Å². The summed E-state index contributed by atoms with van der Waals surface area (Å²) in [6.07, 6.45) is 12.6. The van der Waals surface area contributed by atoms with Crippen molar-refractivity contribution in [3.8, 4) is 0 Å². The topological polar surface area (TPSA) is 20.3 Å². The number of carbonyl (C=O) groups is 1. The summed E-state index contributed by atoms with van der Waals surface area (Å²) in [4.78, 5) is 15.7. The molecule has 0 amide bonds. The second-order valence-corrected chi connectivity index (χ2v) is 9.77. The molecule has 4 heteroatoms. The number of carbonyl (C=O) groups excluding carboxylic acids is 1. The zero-order chi connectivity index (χ0) is 23.5. The van der Waals surface area contributed by atoms with Crippen molar-refractivity contribution in [3.63, 3.8) is 0 Å². The third kappa shape index (κ3) is 8.26. The molecule has 34 heavy (non-hydrogen) atoms. The van der Waals surface area contributed by atoms with E-state index in [0.29, 0.717) is 6.54 Å². The normalized spacial score (nSPS) is 11.3. The fourth-order valence-electron chi connectivity index (χ4n) is 4.67. The van der Waals surface area contributed by atoms with Gasteiger partial charge in [0, 0.05) is 16.0 Å². The Morgan fingerprint density at radius 1 is 0.735 bits per heavy atom. The van der Waals surface area contributed by atoms with Crippen LogP contribution < -0.4 is 0 Å². The van der Waals surface area contributed by atoms with Crippen LogP contribution in [-0.2, 0) is 0 Å². The molecule has 0 aliphatic carbocycles. The lowest BCUT2D eigenvalue weighted by Crippen LogP contribution is -2.32. The summed E-state index contributed by atoms with van der Waals surface area (Å²) in [5, 5.41) is 5.09. The van der Waals surface area contributed by atoms with Gasteiger partial charge in [0.15, 0.2) is 5.78 Å². The minimum Gasteiger partial charge on any atom is -0.296 e. The van der Waals surface area contributed by atoms with Crippen molar-refractivity contribution >= 4 is 51.3 Å². The first-order chi connectivity index (χ1) is 16.1. The lowest BCUT2D eigenvalue weighted by Gasteiger charge is -2.22. The Hall–Kier alpha value is -1.61. The number of halogens is 2. The van der Waals surface area contributed by atoms with Gasteiger partial charge in [0.25, 0.3) is 0 Å². The number of ketones is 1. The number of nitrogens with zero attached hydrogens (tertiary/aromatic N) is 1. The molecule has 0 saturated heterocycles. The zero-order valence-electron chi connectivity index (χ0n) is 21.0. The van der Waals surface area contributed by atoms with E-state index in [0.717, 1.165) is 45.2 Å². The van der Waals surface area contributed by atoms with Crippen molar-refractivity contribution in [2.45, 2.75) is 78.1 Å². The number of hydrogen-bond donors (Lipinski definition) is 0. The van der Waals surface area contributed by atoms with Gasteiger partial charge in [0.1, 0.15) is 0 Å². The third-order valence-corrected chi connectivity index (χ3v) is 6.97. The monoisotopic (exact) mass is 501 g/mol. The molecule has 0 aromatic heterocycles. The van der Waals surface area contributed by atoms with Gasteiger partial charge in [0.2, 0.25) is 0 Å². The summed E-state index contributed by atoms with van der Waals surface area (Å²) in [6, 6.07) is 16.3. The predicted octanol–water partition coefficient (Wildman–Crippen LogP) is 9.49. The molecule has 3 aromatic rings. The van der Waals surface area contributed by atoms with Crippen LogP contribution in [0.25, 0.3) is 21.5 Å². The Bertz CT molecular complexity index is 1020. The van der Waals surface area contributed by atoms with E-state index < -0.39 is 0 Å². The Labute approximate surface area is 217 Å². The highest BCUT2D eigenvalue weighted by Gasteiger charge is 2.14. The minimum absolute atomic E-state index is 0. The summed E-state index contributed by atoms with van der Waals surface area (Å²) < 4.78 is 0. The number of fused-ring (bicyclic) bond motifs is 3. The quantitative estimate of drug-likeness (QED) is 0.117. The van der Waals surface area contributed by atoms with E-state index in [1.165, 1.54) is 64.2 Å². The first kappa shape index (κ1) is 28.6. The molecule has 186 valence electrons. The highest BCUT2D eigenvalue weighted by molar-refractivity contribution is 6.37. The molecule has 0 atom stereocenters. The van der Waals surface area contributed by atoms with E-state index in [9.17, 15) is 4.79 Å². The van der Waals surface area contributed by atoms with E-state index in [1.54, 1.807) is 0 Å². The first-order valence-electron chi connectivity index (χ1n) is 13.0. The summed E-state index contributed by atoms with van der Waals surface area (Å²) in [6.45, 7) is 7.06. The number of rotatable bonds is 15. The Balaban J connectivity index is 0.00000408. The van der Waals surface area contributed by atoms with Crippen LogP contribution in [0.2, 0.25) is 5.02 Å². The Morgan fingerprint density at radius 3 is 1.94 bits per heavy atom. The molecular formula is C30H41Cl2NO. The van der Waals surface area contributed by atoms with Crippen molar-refractivity contribution in [1.29, 1.82) is 0 Å². The predicted molar refractivity (Wildman–Crippen MR) is 152 cm³/mol. The highest BCUT2D eigenvalue weighted by Crippen LogP contribution is 2.32. The van der Waals surface area contributed by atoms with Crippen LogP contribution in [0, 0.1) is 0 Å². The largest absolute Gasteiger partial charge is 0.296 e. The Morgan fingerprint density at radius 2 is 1.32 bits per heavy atom. The SMILES string of the molecule is CCCCCCCN(CCCCCCC)CC(=O)c1ccc2cc(Cl)c3ccccc3c2c1.Cl. The maximum Gasteiger partial charge on any atom is 0.176 e. The van der Waals surface area contributed by atoms with Gasteiger partial charge in [-0.2, -0.15) is 0 Å². The van der Waals surface area contributed by atoms with Crippen LogP contribution in [-0.4, -0.2) is 30.3 Å². The number of hydrogen-bond acceptors (Lipinski definition) is 2. The van der Waals surface area contributed by atoms with Crippen molar-refractivity contribution < 1.29 is 4.79 Å². The molecule has 0 fully saturated rings. The second kappa shape index (κ2) is 15.4. The van der Waals surface area contributed by atoms with Gasteiger partial charge in [-0.3, -0.25) is 9.69 Å². The lowest BCUT2D eigenvalue weighted by molar-refractivity contribution is 0.0927. The van der Waals surface area contributed by atoms with Crippen molar-refractivity contribution in [1.82, 2.24) is 4.90 Å². The number of benzene rings is 3. The van der Waals surface area contributed by atoms with E-state index in [4.69, 9.17) is 11.6 Å². The van der Waals surface area contributed by atoms with E-state index in [-0.39, 0.29) is 18.2 Å². The molecule has 0 aliphatic heterocycles. The van der Waals surface area contributed by atoms with Crippen LogP contribution in [0.5, 0.6) is 0 Å². The van der Waals surface area contributed by atoms with Gasteiger partial charge >= 0.3 is 0 Å². The molecule has 0 heterocycles. The molecule has 0 unspecified atom stereocenters. The fourth-order valence-corrected chi connectivity index (χ4v) is 4.95. The summed E-state index contributed by atoms with van der Waals surface area (Å²) >= 11 is 6.49. The van der Waals surface area contributed by atoms with Crippen LogP contribution >= 0.6 is 24.0 Å². The van der Waals surface area contributed by atoms with Gasteiger partial charge in [-0.25, -0.2) is 0 Å². The van der Waals surface area contributed by atoms with Crippen LogP contribution in [0.15, 0.2) is 48.5 Å². The van der Waals surface area contributed by atoms with Crippen molar-refractivity contribution in [2.24, 2.45) is 0 Å². The number of Topliss-reactive ketones (excluding diaryl/α,β-unsaturated/α-hetero) is 1. The summed E-state index contributed by atoms with van der Waals surface area (Å²) in [5.41, 5.74) is 0.803. The molecular weight excluding hydrogens is 461 g/mol. The fraction of sp³-hybridized carbons (Fsp3) is 0.500. The maximum absolute atomic E-state index is 13.3. The molecule has 0 aliphatic rings. The average Bonchev–Trinajstić information content (AvgIpc) is 2.83. The molecule has 0 radical (unpaired) electrons. The molecule has 0 bridgehead atoms. The van der Waals surface area contributed by atoms with Crippen LogP contribution in [0.4, 0.5) is 0 Å². The summed E-state index contributed by atoms with van der Waals surface area (Å²) in [7, 11) is 0. The van der Waals surface area contributed by atoms with Gasteiger partial charge < -0.3 is 0 Å². The zero-order valence-corrected chi connectivity index (χ0v) is 22.5. The summed E-state index contributed by atoms with van der Waals surface area (Å²) in [5.74, 6) is 0.220. The van der Waals surface area contributed by atoms with Crippen LogP contribution in [0.1, 0.15) is 88.4 Å². The molecule has 0 spiro atoms. The van der Waals surface area contributed by atoms with E-state index >= 15 is 0 Å². The molecule has 0 saturated carbocycles. The molecule has 2 nitrogen and oxygen atoms in total. The van der Waals surface area contributed by atoms with E-state index in [1.807, 2.05) is 36.4 Å². The third-order valence-electron chi connectivity index (χ3n) is 6.66. The average molecular weight is 503 g/mol. The Kier molecular flexibility index (Phi) is 13.0. The van der Waals surface area contributed by atoms with Gasteiger partial charge in [0.05, 0.1) is 6.54 Å². The first-order valence-corrected chi connectivity index (χ1v) is 13.4. The standard InChI is InChI=1S/C30H40ClNO.ClH/c1-3-5-7-9-13-19-32(20-14-10-8-6-4-2)23-30(33)25-18-17-24-22-29(31)27-16-12-11-15-26(27)28(24)21-25;/h11-12,15-18,21-22H,3-10,13-14,19-20,23H2,1-2H3;1H. The molecule has 3 aromatic carbocycles. The van der Waals surface area contributed by atoms with E-state index in [2.05, 4.69) is 30.9 Å². The van der Waals surface area contributed by atoms with Gasteiger partial charge in [-0.1, -0.05) is 113 Å².